The number of carbonyl (C=O) groups is 1. The standard InChI is InChI=1S/C21H27N3O/c1-3-14-24(15-4-2)20-12-10-19(11-13-20)17-22-23-21(25)16-18-8-6-5-7-9-18/h5-13,17H,3-4,14-16H2,1-2H3,(H,23,25)/b22-17+. The van der Waals surface area contributed by atoms with Crippen molar-refractivity contribution in [1.29, 1.82) is 0 Å². The second-order valence-electron chi connectivity index (χ2n) is 6.03. The van der Waals surface area contributed by atoms with Crippen molar-refractivity contribution in [1.82, 2.24) is 5.43 Å². The third-order valence-corrected chi connectivity index (χ3v) is 3.86. The Kier molecular flexibility index (Phi) is 7.70. The van der Waals surface area contributed by atoms with Gasteiger partial charge < -0.3 is 4.90 Å². The third-order valence-electron chi connectivity index (χ3n) is 3.86. The quantitative estimate of drug-likeness (QED) is 0.555. The summed E-state index contributed by atoms with van der Waals surface area (Å²) in [5.74, 6) is -0.115. The maximum atomic E-state index is 11.9. The van der Waals surface area contributed by atoms with Crippen molar-refractivity contribution in [2.75, 3.05) is 18.0 Å². The number of nitrogens with one attached hydrogen (secondary N) is 1. The van der Waals surface area contributed by atoms with E-state index in [-0.39, 0.29) is 5.91 Å². The fourth-order valence-corrected chi connectivity index (χ4v) is 2.68. The molecule has 0 radical (unpaired) electrons. The summed E-state index contributed by atoms with van der Waals surface area (Å²) in [5, 5.41) is 4.05. The molecule has 2 rings (SSSR count). The van der Waals surface area contributed by atoms with Gasteiger partial charge in [-0.2, -0.15) is 5.10 Å². The van der Waals surface area contributed by atoms with E-state index in [1.807, 2.05) is 42.5 Å². The number of benzene rings is 2. The molecule has 2 aromatic rings. The van der Waals surface area contributed by atoms with Crippen LogP contribution in [0.4, 0.5) is 5.69 Å². The monoisotopic (exact) mass is 337 g/mol. The molecule has 1 N–H and O–H groups in total. The van der Waals surface area contributed by atoms with E-state index in [9.17, 15) is 4.79 Å². The van der Waals surface area contributed by atoms with E-state index in [1.165, 1.54) is 5.69 Å². The molecule has 4 heteroatoms. The Morgan fingerprint density at radius 3 is 2.24 bits per heavy atom. The van der Waals surface area contributed by atoms with Gasteiger partial charge in [0.2, 0.25) is 5.91 Å². The maximum absolute atomic E-state index is 11.9. The average Bonchev–Trinajstić information content (AvgIpc) is 2.63. The molecule has 1 amide bonds. The van der Waals surface area contributed by atoms with Crippen molar-refractivity contribution in [2.45, 2.75) is 33.1 Å². The van der Waals surface area contributed by atoms with Gasteiger partial charge in [0.05, 0.1) is 12.6 Å². The van der Waals surface area contributed by atoms with Crippen molar-refractivity contribution in [2.24, 2.45) is 5.10 Å². The van der Waals surface area contributed by atoms with Gasteiger partial charge in [-0.3, -0.25) is 4.79 Å². The molecule has 0 aromatic heterocycles. The van der Waals surface area contributed by atoms with E-state index >= 15 is 0 Å². The maximum Gasteiger partial charge on any atom is 0.244 e. The van der Waals surface area contributed by atoms with Gasteiger partial charge in [-0.15, -0.1) is 0 Å². The number of rotatable bonds is 9. The Morgan fingerprint density at radius 1 is 1.00 bits per heavy atom. The van der Waals surface area contributed by atoms with Crippen molar-refractivity contribution >= 4 is 17.8 Å². The molecule has 0 heterocycles. The molecular formula is C21H27N3O. The smallest absolute Gasteiger partial charge is 0.244 e. The van der Waals surface area contributed by atoms with Crippen LogP contribution in [0.25, 0.3) is 0 Å². The molecule has 0 unspecified atom stereocenters. The van der Waals surface area contributed by atoms with Gasteiger partial charge in [-0.05, 0) is 36.1 Å². The van der Waals surface area contributed by atoms with Crippen molar-refractivity contribution in [3.63, 3.8) is 0 Å². The molecule has 25 heavy (non-hydrogen) atoms. The van der Waals surface area contributed by atoms with E-state index in [0.717, 1.165) is 37.1 Å². The van der Waals surface area contributed by atoms with Gasteiger partial charge in [0.15, 0.2) is 0 Å². The second kappa shape index (κ2) is 10.3. The lowest BCUT2D eigenvalue weighted by atomic mass is 10.1. The summed E-state index contributed by atoms with van der Waals surface area (Å²) in [6, 6.07) is 17.9. The van der Waals surface area contributed by atoms with Gasteiger partial charge in [0.25, 0.3) is 0 Å². The van der Waals surface area contributed by atoms with E-state index in [0.29, 0.717) is 6.42 Å². The lowest BCUT2D eigenvalue weighted by Crippen LogP contribution is -2.24. The summed E-state index contributed by atoms with van der Waals surface area (Å²) in [5.41, 5.74) is 5.76. The van der Waals surface area contributed by atoms with Crippen LogP contribution in [0.15, 0.2) is 59.7 Å². The number of hydrazone groups is 1. The SMILES string of the molecule is CCCN(CCC)c1ccc(/C=N/NC(=O)Cc2ccccc2)cc1. The average molecular weight is 337 g/mol. The molecule has 0 atom stereocenters. The molecule has 4 nitrogen and oxygen atoms in total. The van der Waals surface area contributed by atoms with Crippen molar-refractivity contribution in [3.8, 4) is 0 Å². The highest BCUT2D eigenvalue weighted by Crippen LogP contribution is 2.15. The van der Waals surface area contributed by atoms with Crippen molar-refractivity contribution < 1.29 is 4.79 Å². The minimum absolute atomic E-state index is 0.115. The number of anilines is 1. The normalized spacial score (nSPS) is 10.8. The highest BCUT2D eigenvalue weighted by Gasteiger charge is 2.04. The number of hydrogen-bond acceptors (Lipinski definition) is 3. The van der Waals surface area contributed by atoms with Gasteiger partial charge in [0, 0.05) is 18.8 Å². The molecule has 0 bridgehead atoms. The first kappa shape index (κ1) is 18.7. The van der Waals surface area contributed by atoms with Crippen LogP contribution in [0.1, 0.15) is 37.8 Å². The summed E-state index contributed by atoms with van der Waals surface area (Å²) in [6.07, 6.45) is 4.28. The molecule has 0 aliphatic heterocycles. The van der Waals surface area contributed by atoms with Crippen LogP contribution in [-0.2, 0) is 11.2 Å². The summed E-state index contributed by atoms with van der Waals surface area (Å²) >= 11 is 0. The first-order chi connectivity index (χ1) is 12.2. The lowest BCUT2D eigenvalue weighted by molar-refractivity contribution is -0.120. The Bertz CT molecular complexity index is 659. The Morgan fingerprint density at radius 2 is 1.64 bits per heavy atom. The zero-order valence-corrected chi connectivity index (χ0v) is 15.1. The molecule has 0 saturated heterocycles. The Balaban J connectivity index is 1.87. The van der Waals surface area contributed by atoms with Gasteiger partial charge in [0.1, 0.15) is 0 Å². The number of amides is 1. The minimum Gasteiger partial charge on any atom is -0.372 e. The van der Waals surface area contributed by atoms with Crippen LogP contribution < -0.4 is 10.3 Å². The van der Waals surface area contributed by atoms with Gasteiger partial charge in [-0.25, -0.2) is 5.43 Å². The van der Waals surface area contributed by atoms with Crippen LogP contribution in [0, 0.1) is 0 Å². The fraction of sp³-hybridized carbons (Fsp3) is 0.333. The predicted octanol–water partition coefficient (Wildman–Crippen LogP) is 4.01. The topological polar surface area (TPSA) is 44.7 Å². The Labute approximate surface area is 150 Å². The van der Waals surface area contributed by atoms with Crippen LogP contribution in [0.2, 0.25) is 0 Å². The van der Waals surface area contributed by atoms with E-state index in [2.05, 4.69) is 41.4 Å². The highest BCUT2D eigenvalue weighted by molar-refractivity contribution is 5.83. The highest BCUT2D eigenvalue weighted by atomic mass is 16.2. The first-order valence-electron chi connectivity index (χ1n) is 8.93. The predicted molar refractivity (Wildman–Crippen MR) is 105 cm³/mol. The number of carbonyl (C=O) groups excluding carboxylic acids is 1. The van der Waals surface area contributed by atoms with E-state index in [4.69, 9.17) is 0 Å². The molecular weight excluding hydrogens is 310 g/mol. The first-order valence-corrected chi connectivity index (χ1v) is 8.93. The summed E-state index contributed by atoms with van der Waals surface area (Å²) < 4.78 is 0. The molecule has 0 spiro atoms. The molecule has 132 valence electrons. The van der Waals surface area contributed by atoms with Crippen LogP contribution in [0.3, 0.4) is 0 Å². The second-order valence-corrected chi connectivity index (χ2v) is 6.03. The number of nitrogens with zero attached hydrogens (tertiary/aromatic N) is 2. The van der Waals surface area contributed by atoms with Crippen LogP contribution >= 0.6 is 0 Å². The molecule has 0 aliphatic carbocycles. The molecule has 0 saturated carbocycles. The van der Waals surface area contributed by atoms with E-state index < -0.39 is 0 Å². The largest absolute Gasteiger partial charge is 0.372 e. The summed E-state index contributed by atoms with van der Waals surface area (Å²) in [7, 11) is 0. The van der Waals surface area contributed by atoms with Crippen LogP contribution in [-0.4, -0.2) is 25.2 Å². The minimum atomic E-state index is -0.115. The fourth-order valence-electron chi connectivity index (χ4n) is 2.68. The molecule has 0 fully saturated rings. The molecule has 2 aromatic carbocycles. The van der Waals surface area contributed by atoms with Crippen LogP contribution in [0.5, 0.6) is 0 Å². The third kappa shape index (κ3) is 6.42. The number of hydrogen-bond donors (Lipinski definition) is 1. The lowest BCUT2D eigenvalue weighted by Gasteiger charge is -2.23. The van der Waals surface area contributed by atoms with E-state index in [1.54, 1.807) is 6.21 Å². The Hall–Kier alpha value is -2.62. The zero-order chi connectivity index (χ0) is 17.9. The summed E-state index contributed by atoms with van der Waals surface area (Å²) in [6.45, 7) is 6.53. The van der Waals surface area contributed by atoms with Crippen molar-refractivity contribution in [3.05, 3.63) is 65.7 Å². The molecule has 0 aliphatic rings. The van der Waals surface area contributed by atoms with Gasteiger partial charge in [-0.1, -0.05) is 56.3 Å². The zero-order valence-electron chi connectivity index (χ0n) is 15.1. The summed E-state index contributed by atoms with van der Waals surface area (Å²) in [4.78, 5) is 14.2. The van der Waals surface area contributed by atoms with Gasteiger partial charge >= 0.3 is 0 Å².